The first-order valence-corrected chi connectivity index (χ1v) is 1.65. The van der Waals surface area contributed by atoms with Gasteiger partial charge in [-0.25, -0.2) is 0 Å². The summed E-state index contributed by atoms with van der Waals surface area (Å²) in [5, 5.41) is 0. The number of hydrogen-bond donors (Lipinski definition) is 0. The Balaban J connectivity index is 3.26. The molecule has 0 amide bonds. The maximum Gasteiger partial charge on any atom is 0.122 e. The van der Waals surface area contributed by atoms with Crippen LogP contribution in [-0.2, 0) is 4.79 Å². The molecule has 1 heteroatoms. The lowest BCUT2D eigenvalue weighted by Gasteiger charge is -1.78. The molecule has 0 aromatic rings. The summed E-state index contributed by atoms with van der Waals surface area (Å²) in [5.74, 6) is -0.120. The molecule has 0 heterocycles. The molecular weight excluding hydrogens is 64.0 g/mol. The first-order valence-electron chi connectivity index (χ1n) is 2.15. The molecule has 5 heavy (non-hydrogen) atoms. The van der Waals surface area contributed by atoms with E-state index in [9.17, 15) is 4.79 Å². The molecule has 0 fully saturated rings. The van der Waals surface area contributed by atoms with Crippen molar-refractivity contribution in [2.75, 3.05) is 0 Å². The fraction of sp³-hybridized carbons (Fsp3) is 0.750. The van der Waals surface area contributed by atoms with Gasteiger partial charge in [-0.3, -0.25) is 0 Å². The number of carbonyl (C=O) groups is 1. The number of rotatable bonds is 1. The monoisotopic (exact) mass is 73.1 g/mol. The van der Waals surface area contributed by atoms with Crippen LogP contribution in [0.2, 0.25) is 0 Å². The summed E-state index contributed by atoms with van der Waals surface area (Å²) in [6.07, 6.45) is -0.491. The average molecular weight is 73.1 g/mol. The molecule has 0 aliphatic carbocycles. The third-order valence-corrected chi connectivity index (χ3v) is 0.236. The summed E-state index contributed by atoms with van der Waals surface area (Å²) < 4.78 is 6.39. The highest BCUT2D eigenvalue weighted by molar-refractivity contribution is 5.51. The Kier molecular flexibility index (Phi) is 1.12. The van der Waals surface area contributed by atoms with E-state index >= 15 is 0 Å². The van der Waals surface area contributed by atoms with Gasteiger partial charge in [-0.05, 0) is 0 Å². The van der Waals surface area contributed by atoms with Gasteiger partial charge in [0, 0.05) is 5.92 Å². The van der Waals surface area contributed by atoms with Crippen LogP contribution in [0, 0.1) is 5.92 Å². The molecule has 0 aromatic heterocycles. The summed E-state index contributed by atoms with van der Waals surface area (Å²) >= 11 is 0. The molecule has 0 aliphatic rings. The van der Waals surface area contributed by atoms with Gasteiger partial charge in [0.25, 0.3) is 0 Å². The van der Waals surface area contributed by atoms with E-state index in [2.05, 4.69) is 0 Å². The van der Waals surface area contributed by atoms with Gasteiger partial charge in [0.2, 0.25) is 0 Å². The molecule has 0 rings (SSSR count). The predicted octanol–water partition coefficient (Wildman–Crippen LogP) is 0.841. The van der Waals surface area contributed by atoms with E-state index in [-0.39, 0.29) is 5.92 Å². The van der Waals surface area contributed by atoms with Gasteiger partial charge >= 0.3 is 0 Å². The van der Waals surface area contributed by atoms with Crippen molar-refractivity contribution < 1.29 is 6.17 Å². The second-order valence-electron chi connectivity index (χ2n) is 1.27. The maximum absolute atomic E-state index is 9.81. The molecule has 0 unspecified atom stereocenters. The van der Waals surface area contributed by atoms with Gasteiger partial charge in [-0.2, -0.15) is 0 Å². The molecule has 0 aromatic carbocycles. The lowest BCUT2D eigenvalue weighted by molar-refractivity contribution is -0.110. The van der Waals surface area contributed by atoms with Crippen molar-refractivity contribution in [1.29, 1.82) is 0 Å². The van der Waals surface area contributed by atoms with E-state index < -0.39 is 6.26 Å². The molecule has 0 saturated carbocycles. The van der Waals surface area contributed by atoms with Crippen molar-refractivity contribution in [2.45, 2.75) is 13.8 Å². The molecule has 0 radical (unpaired) electrons. The quantitative estimate of drug-likeness (QED) is 0.420. The van der Waals surface area contributed by atoms with E-state index in [1.165, 1.54) is 0 Å². The minimum absolute atomic E-state index is 0.120. The topological polar surface area (TPSA) is 17.1 Å². The van der Waals surface area contributed by atoms with E-state index in [0.29, 0.717) is 0 Å². The van der Waals surface area contributed by atoms with Crippen LogP contribution in [0.5, 0.6) is 0 Å². The highest BCUT2D eigenvalue weighted by Gasteiger charge is 1.79. The van der Waals surface area contributed by atoms with E-state index in [4.69, 9.17) is 1.37 Å². The van der Waals surface area contributed by atoms with Crippen LogP contribution >= 0.6 is 0 Å². The maximum atomic E-state index is 9.81. The predicted molar refractivity (Wildman–Crippen MR) is 20.9 cm³/mol. The Morgan fingerprint density at radius 3 is 2.20 bits per heavy atom. The first-order chi connectivity index (χ1) is 2.64. The molecule has 0 bridgehead atoms. The first kappa shape index (κ1) is 2.88. The van der Waals surface area contributed by atoms with Crippen molar-refractivity contribution in [3.05, 3.63) is 0 Å². The summed E-state index contributed by atoms with van der Waals surface area (Å²) in [7, 11) is 0. The second kappa shape index (κ2) is 1.94. The van der Waals surface area contributed by atoms with E-state index in [1.807, 2.05) is 0 Å². The lowest BCUT2D eigenvalue weighted by atomic mass is 10.3. The van der Waals surface area contributed by atoms with Crippen LogP contribution < -0.4 is 0 Å². The lowest BCUT2D eigenvalue weighted by Crippen LogP contribution is -1.82. The van der Waals surface area contributed by atoms with Crippen molar-refractivity contribution in [3.8, 4) is 0 Å². The van der Waals surface area contributed by atoms with Gasteiger partial charge < -0.3 is 4.79 Å². The fourth-order valence-corrected chi connectivity index (χ4v) is 0. The minimum atomic E-state index is -0.491. The number of hydrogen-bond acceptors (Lipinski definition) is 1. The number of aldehydes is 1. The molecule has 0 atom stereocenters. The summed E-state index contributed by atoms with van der Waals surface area (Å²) in [6.45, 7) is 3.41. The minimum Gasteiger partial charge on any atom is -0.303 e. The van der Waals surface area contributed by atoms with Gasteiger partial charge in [0.1, 0.15) is 7.63 Å². The van der Waals surface area contributed by atoms with Crippen molar-refractivity contribution in [1.82, 2.24) is 0 Å². The Bertz CT molecular complexity index is 58.6. The van der Waals surface area contributed by atoms with Gasteiger partial charge in [-0.15, -0.1) is 0 Å². The summed E-state index contributed by atoms with van der Waals surface area (Å²) in [4.78, 5) is 9.81. The van der Waals surface area contributed by atoms with Crippen molar-refractivity contribution >= 4 is 6.26 Å². The van der Waals surface area contributed by atoms with Crippen molar-refractivity contribution in [3.63, 3.8) is 0 Å². The Morgan fingerprint density at radius 2 is 2.20 bits per heavy atom. The van der Waals surface area contributed by atoms with Crippen LogP contribution in [0.3, 0.4) is 0 Å². The normalized spacial score (nSPS) is 11.4. The standard InChI is InChI=1S/C4H8O/c1-4(2)3-5/h3-4H,1-2H3/i3D. The zero-order chi connectivity index (χ0) is 5.15. The summed E-state index contributed by atoms with van der Waals surface area (Å²) in [6, 6.07) is 0. The Labute approximate surface area is 33.4 Å². The van der Waals surface area contributed by atoms with E-state index in [0.717, 1.165) is 0 Å². The number of carbonyl (C=O) groups excluding carboxylic acids is 1. The molecular formula is C4H8O. The molecule has 30 valence electrons. The highest BCUT2D eigenvalue weighted by atomic mass is 16.1. The van der Waals surface area contributed by atoms with Gasteiger partial charge in [0.15, 0.2) is 0 Å². The van der Waals surface area contributed by atoms with Crippen LogP contribution in [0.4, 0.5) is 0 Å². The largest absolute Gasteiger partial charge is 0.303 e. The Hall–Kier alpha value is -0.330. The zero-order valence-electron chi connectivity index (χ0n) is 4.49. The van der Waals surface area contributed by atoms with Gasteiger partial charge in [-0.1, -0.05) is 13.8 Å². The van der Waals surface area contributed by atoms with Crippen LogP contribution in [-0.4, -0.2) is 6.26 Å². The zero-order valence-corrected chi connectivity index (χ0v) is 3.49. The smallest absolute Gasteiger partial charge is 0.122 e. The average Bonchev–Trinajstić information content (AvgIpc) is 1.36. The molecule has 0 saturated heterocycles. The Morgan fingerprint density at radius 1 is 2.00 bits per heavy atom. The van der Waals surface area contributed by atoms with Crippen LogP contribution in [0.25, 0.3) is 0 Å². The fourth-order valence-electron chi connectivity index (χ4n) is 0. The molecule has 0 N–H and O–H groups in total. The SMILES string of the molecule is [2H]C(=O)C(C)C. The molecule has 0 aliphatic heterocycles. The van der Waals surface area contributed by atoms with Crippen LogP contribution in [0.15, 0.2) is 0 Å². The van der Waals surface area contributed by atoms with Gasteiger partial charge in [0.05, 0.1) is 0 Å². The van der Waals surface area contributed by atoms with Crippen molar-refractivity contribution in [2.24, 2.45) is 5.92 Å². The second-order valence-corrected chi connectivity index (χ2v) is 1.27. The molecule has 0 spiro atoms. The van der Waals surface area contributed by atoms with E-state index in [1.54, 1.807) is 13.8 Å². The third-order valence-electron chi connectivity index (χ3n) is 0.236. The highest BCUT2D eigenvalue weighted by Crippen LogP contribution is 1.78. The molecule has 1 nitrogen and oxygen atoms in total. The summed E-state index contributed by atoms with van der Waals surface area (Å²) in [5.41, 5.74) is 0. The van der Waals surface area contributed by atoms with Crippen LogP contribution in [0.1, 0.15) is 15.2 Å². The third kappa shape index (κ3) is 3.67.